The fourth-order valence-electron chi connectivity index (χ4n) is 4.75. The van der Waals surface area contributed by atoms with Crippen LogP contribution in [0.25, 0.3) is 27.3 Å². The number of ether oxygens (including phenoxy) is 1. The van der Waals surface area contributed by atoms with Crippen molar-refractivity contribution < 1.29 is 27.8 Å². The molecule has 12 nitrogen and oxygen atoms in total. The number of piperazine rings is 1. The van der Waals surface area contributed by atoms with Crippen molar-refractivity contribution in [3.63, 3.8) is 0 Å². The maximum Gasteiger partial charge on any atom is 0.341 e. The lowest BCUT2D eigenvalue weighted by Gasteiger charge is -2.36. The van der Waals surface area contributed by atoms with Gasteiger partial charge in [0, 0.05) is 51.4 Å². The highest BCUT2D eigenvalue weighted by Gasteiger charge is 2.23. The summed E-state index contributed by atoms with van der Waals surface area (Å²) in [5, 5.41) is 13.2. The number of aliphatic carboxylic acids is 1. The molecular weight excluding hydrogens is 548 g/mol. The molecule has 4 aromatic heterocycles. The summed E-state index contributed by atoms with van der Waals surface area (Å²) in [6.07, 6.45) is 1.55. The van der Waals surface area contributed by atoms with E-state index in [0.29, 0.717) is 72.7 Å². The molecule has 208 valence electrons. The number of anilines is 2. The summed E-state index contributed by atoms with van der Waals surface area (Å²) in [5.74, 6) is -2.58. The number of carboxylic acid groups (broad SMARTS) is 1. The number of halogens is 2. The molecule has 0 radical (unpaired) electrons. The van der Waals surface area contributed by atoms with Crippen molar-refractivity contribution in [3.05, 3.63) is 57.9 Å². The van der Waals surface area contributed by atoms with Crippen LogP contribution in [-0.2, 0) is 11.3 Å². The number of furan rings is 1. The summed E-state index contributed by atoms with van der Waals surface area (Å²) >= 11 is 1.07. The molecule has 15 heteroatoms. The molecule has 0 unspecified atom stereocenters. The molecule has 5 heterocycles. The first-order chi connectivity index (χ1) is 19.3. The largest absolute Gasteiger partial charge is 0.479 e. The number of aromatic nitrogens is 4. The molecule has 1 fully saturated rings. The first-order valence-electron chi connectivity index (χ1n) is 12.3. The van der Waals surface area contributed by atoms with Gasteiger partial charge in [0.1, 0.15) is 16.2 Å². The minimum atomic E-state index is -1.26. The first-order valence-corrected chi connectivity index (χ1v) is 13.1. The highest BCUT2D eigenvalue weighted by Crippen LogP contribution is 2.30. The highest BCUT2D eigenvalue weighted by molar-refractivity contribution is 7.17. The van der Waals surface area contributed by atoms with Crippen LogP contribution < -0.4 is 20.2 Å². The molecule has 1 aliphatic rings. The van der Waals surface area contributed by atoms with Crippen LogP contribution in [0, 0.1) is 11.6 Å². The second kappa shape index (κ2) is 10.2. The second-order valence-corrected chi connectivity index (χ2v) is 10.2. The van der Waals surface area contributed by atoms with E-state index in [2.05, 4.69) is 15.0 Å². The van der Waals surface area contributed by atoms with E-state index in [1.807, 2.05) is 6.07 Å². The number of hydrogen-bond acceptors (Lipinski definition) is 10. The smallest absolute Gasteiger partial charge is 0.341 e. The molecule has 3 N–H and O–H groups in total. The Bertz CT molecular complexity index is 1770. The molecule has 5 aromatic rings. The van der Waals surface area contributed by atoms with E-state index < -0.39 is 24.2 Å². The molecule has 1 saturated heterocycles. The molecule has 0 aliphatic carbocycles. The lowest BCUT2D eigenvalue weighted by Crippen LogP contribution is -2.47. The third-order valence-corrected chi connectivity index (χ3v) is 7.72. The number of nitrogens with zero attached hydrogens (tertiary/aromatic N) is 6. The third-order valence-electron chi connectivity index (χ3n) is 6.73. The quantitative estimate of drug-likeness (QED) is 0.285. The summed E-state index contributed by atoms with van der Waals surface area (Å²) in [6, 6.07) is 7.24. The molecule has 0 bridgehead atoms. The Morgan fingerprint density at radius 3 is 2.67 bits per heavy atom. The first kappa shape index (κ1) is 25.8. The second-order valence-electron chi connectivity index (χ2n) is 9.19. The van der Waals surface area contributed by atoms with Crippen LogP contribution >= 0.6 is 11.3 Å². The van der Waals surface area contributed by atoms with E-state index in [9.17, 15) is 18.4 Å². The predicted molar refractivity (Wildman–Crippen MR) is 143 cm³/mol. The number of nitrogen functional groups attached to an aromatic ring is 1. The maximum atomic E-state index is 14.5. The van der Waals surface area contributed by atoms with Crippen molar-refractivity contribution in [2.24, 2.45) is 0 Å². The van der Waals surface area contributed by atoms with Crippen LogP contribution in [-0.4, -0.2) is 74.5 Å². The maximum absolute atomic E-state index is 14.5. The van der Waals surface area contributed by atoms with Gasteiger partial charge < -0.3 is 24.9 Å². The summed E-state index contributed by atoms with van der Waals surface area (Å²) in [6.45, 7) is 2.20. The zero-order valence-corrected chi connectivity index (χ0v) is 21.7. The van der Waals surface area contributed by atoms with E-state index in [-0.39, 0.29) is 22.3 Å². The average molecular weight is 572 g/mol. The summed E-state index contributed by atoms with van der Waals surface area (Å²) in [7, 11) is 0. The Hall–Kier alpha value is -4.50. The molecule has 40 heavy (non-hydrogen) atoms. The molecular formula is C25H23F2N7O5S. The Labute approximate surface area is 228 Å². The third kappa shape index (κ3) is 4.73. The topological polar surface area (TPSA) is 144 Å². The minimum Gasteiger partial charge on any atom is -0.479 e. The van der Waals surface area contributed by atoms with Gasteiger partial charge in [-0.3, -0.25) is 14.3 Å². The number of carboxylic acids is 1. The van der Waals surface area contributed by atoms with Crippen LogP contribution in [0.5, 0.6) is 5.75 Å². The summed E-state index contributed by atoms with van der Waals surface area (Å²) in [4.78, 5) is 31.9. The van der Waals surface area contributed by atoms with Gasteiger partial charge in [0.05, 0.1) is 17.5 Å². The number of nitrogens with two attached hydrogens (primary N) is 1. The van der Waals surface area contributed by atoms with Crippen LogP contribution in [0.15, 0.2) is 45.8 Å². The normalized spacial score (nSPS) is 14.4. The lowest BCUT2D eigenvalue weighted by atomic mass is 10.2. The van der Waals surface area contributed by atoms with Crippen LogP contribution in [0.4, 0.5) is 20.4 Å². The van der Waals surface area contributed by atoms with Gasteiger partial charge in [-0.25, -0.2) is 13.6 Å². The monoisotopic (exact) mass is 571 g/mol. The molecule has 0 saturated carbocycles. The van der Waals surface area contributed by atoms with Gasteiger partial charge in [-0.2, -0.15) is 14.6 Å². The number of rotatable bonds is 8. The van der Waals surface area contributed by atoms with Crippen molar-refractivity contribution in [2.75, 3.05) is 50.0 Å². The highest BCUT2D eigenvalue weighted by atomic mass is 32.1. The van der Waals surface area contributed by atoms with Gasteiger partial charge in [0.15, 0.2) is 29.6 Å². The van der Waals surface area contributed by atoms with Gasteiger partial charge in [-0.05, 0) is 18.2 Å². The van der Waals surface area contributed by atoms with E-state index >= 15 is 0 Å². The zero-order chi connectivity index (χ0) is 28.0. The summed E-state index contributed by atoms with van der Waals surface area (Å²) in [5.41, 5.74) is 8.04. The SMILES string of the molecule is Nc1nc2c(sc(=O)n2CCN2CCN(c3cc(OCC(=O)O)c(F)cc3F)CC2)c2cc(-c3ccco3)nn12. The molecule has 0 atom stereocenters. The fourth-order valence-corrected chi connectivity index (χ4v) is 5.71. The average Bonchev–Trinajstić information content (AvgIpc) is 3.67. The fraction of sp³-hybridized carbons (Fsp3) is 0.280. The van der Waals surface area contributed by atoms with Crippen LogP contribution in [0.2, 0.25) is 0 Å². The van der Waals surface area contributed by atoms with Crippen molar-refractivity contribution in [2.45, 2.75) is 6.54 Å². The van der Waals surface area contributed by atoms with E-state index in [1.54, 1.807) is 27.9 Å². The molecule has 0 spiro atoms. The number of thiazole rings is 1. The van der Waals surface area contributed by atoms with E-state index in [0.717, 1.165) is 11.3 Å². The van der Waals surface area contributed by atoms with Crippen LogP contribution in [0.3, 0.4) is 0 Å². The lowest BCUT2D eigenvalue weighted by molar-refractivity contribution is -0.139. The number of carbonyl (C=O) groups is 1. The Morgan fingerprint density at radius 1 is 1.15 bits per heavy atom. The van der Waals surface area contributed by atoms with Crippen molar-refractivity contribution in [1.29, 1.82) is 0 Å². The summed E-state index contributed by atoms with van der Waals surface area (Å²) < 4.78 is 42.7. The molecule has 1 aliphatic heterocycles. The molecule has 6 rings (SSSR count). The molecule has 0 amide bonds. The van der Waals surface area contributed by atoms with Crippen molar-refractivity contribution in [3.8, 4) is 17.2 Å². The van der Waals surface area contributed by atoms with Crippen molar-refractivity contribution >= 4 is 44.8 Å². The zero-order valence-electron chi connectivity index (χ0n) is 20.9. The van der Waals surface area contributed by atoms with Gasteiger partial charge in [0.2, 0.25) is 5.95 Å². The number of fused-ring (bicyclic) bond motifs is 3. The van der Waals surface area contributed by atoms with Crippen molar-refractivity contribution in [1.82, 2.24) is 24.1 Å². The minimum absolute atomic E-state index is 0.139. The van der Waals surface area contributed by atoms with Gasteiger partial charge in [0.25, 0.3) is 0 Å². The Kier molecular flexibility index (Phi) is 6.59. The standard InChI is InChI=1S/C25H23F2N7O5S/c26-14-10-15(27)20(39-13-21(35)36)12-17(14)32-6-3-31(4-7-32)5-8-33-23-22(40-25(33)37)18-11-16(19-2-1-9-38-19)30-34(18)24(28)29-23/h1-2,9-12H,3-8,13H2,(H2,28,29)(H,35,36). The van der Waals surface area contributed by atoms with Crippen LogP contribution in [0.1, 0.15) is 0 Å². The Balaban J connectivity index is 1.16. The number of hydrogen-bond donors (Lipinski definition) is 2. The van der Waals surface area contributed by atoms with E-state index in [1.165, 1.54) is 10.6 Å². The molecule has 1 aromatic carbocycles. The predicted octanol–water partition coefficient (Wildman–Crippen LogP) is 2.51. The Morgan fingerprint density at radius 2 is 1.95 bits per heavy atom. The van der Waals surface area contributed by atoms with Gasteiger partial charge >= 0.3 is 10.8 Å². The number of benzene rings is 1. The van der Waals surface area contributed by atoms with E-state index in [4.69, 9.17) is 20.0 Å². The van der Waals surface area contributed by atoms with Gasteiger partial charge in [-0.1, -0.05) is 11.3 Å². The van der Waals surface area contributed by atoms with Gasteiger partial charge in [-0.15, -0.1) is 0 Å².